The van der Waals surface area contributed by atoms with Crippen molar-refractivity contribution in [2.45, 2.75) is 38.9 Å². The highest BCUT2D eigenvalue weighted by Crippen LogP contribution is 2.46. The number of hydrogen-bond donors (Lipinski definition) is 0. The van der Waals surface area contributed by atoms with Crippen molar-refractivity contribution in [1.82, 2.24) is 0 Å². The number of benzene rings is 7. The van der Waals surface area contributed by atoms with Gasteiger partial charge < -0.3 is 9.31 Å². The molecule has 0 bridgehead atoms. The van der Waals surface area contributed by atoms with E-state index in [2.05, 4.69) is 167 Å². The zero-order valence-electron chi connectivity index (χ0n) is 26.2. The molecule has 1 aliphatic heterocycles. The van der Waals surface area contributed by atoms with Crippen LogP contribution in [-0.2, 0) is 9.31 Å². The van der Waals surface area contributed by atoms with Crippen LogP contribution in [0, 0.1) is 0 Å². The summed E-state index contributed by atoms with van der Waals surface area (Å²) in [4.78, 5) is 0. The molecule has 0 aromatic heterocycles. The van der Waals surface area contributed by atoms with E-state index in [0.29, 0.717) is 0 Å². The van der Waals surface area contributed by atoms with E-state index >= 15 is 0 Å². The van der Waals surface area contributed by atoms with Crippen molar-refractivity contribution in [1.29, 1.82) is 0 Å². The molecule has 0 spiro atoms. The van der Waals surface area contributed by atoms with Gasteiger partial charge in [0.1, 0.15) is 0 Å². The van der Waals surface area contributed by atoms with Crippen molar-refractivity contribution in [2.75, 3.05) is 0 Å². The second-order valence-corrected chi connectivity index (χ2v) is 13.1. The highest BCUT2D eigenvalue weighted by atomic mass is 16.7. The summed E-state index contributed by atoms with van der Waals surface area (Å²) < 4.78 is 12.7. The van der Waals surface area contributed by atoms with Crippen LogP contribution in [0.25, 0.3) is 65.7 Å². The average Bonchev–Trinajstić information content (AvgIpc) is 3.29. The average molecular weight is 583 g/mol. The Morgan fingerprint density at radius 3 is 1.33 bits per heavy atom. The molecule has 0 radical (unpaired) electrons. The Bertz CT molecular complexity index is 2140. The monoisotopic (exact) mass is 582 g/mol. The van der Waals surface area contributed by atoms with Crippen LogP contribution >= 0.6 is 0 Å². The molecule has 8 rings (SSSR count). The summed E-state index contributed by atoms with van der Waals surface area (Å²) in [6, 6.07) is 50.6. The predicted octanol–water partition coefficient (Wildman–Crippen LogP) is 10.4. The first-order valence-electron chi connectivity index (χ1n) is 15.8. The molecular formula is C42H35BO2. The minimum Gasteiger partial charge on any atom is -0.399 e. The molecule has 0 unspecified atom stereocenters. The summed E-state index contributed by atoms with van der Waals surface area (Å²) in [6.45, 7) is 8.39. The molecule has 7 aromatic carbocycles. The number of fused-ring (bicyclic) bond motifs is 3. The van der Waals surface area contributed by atoms with E-state index in [1.807, 2.05) is 0 Å². The minimum atomic E-state index is -0.382. The lowest BCUT2D eigenvalue weighted by atomic mass is 9.78. The molecule has 0 aliphatic carbocycles. The summed E-state index contributed by atoms with van der Waals surface area (Å²) in [5, 5.41) is 7.50. The van der Waals surface area contributed by atoms with Crippen LogP contribution in [0.4, 0.5) is 0 Å². The number of hydrogen-bond acceptors (Lipinski definition) is 2. The van der Waals surface area contributed by atoms with Crippen LogP contribution < -0.4 is 5.46 Å². The van der Waals surface area contributed by atoms with Gasteiger partial charge >= 0.3 is 7.12 Å². The number of rotatable bonds is 4. The lowest BCUT2D eigenvalue weighted by Crippen LogP contribution is -2.41. The van der Waals surface area contributed by atoms with Gasteiger partial charge in [-0.25, -0.2) is 0 Å². The first-order chi connectivity index (χ1) is 21.8. The Kier molecular flexibility index (Phi) is 6.46. The molecule has 0 amide bonds. The fourth-order valence-electron chi connectivity index (χ4n) is 6.90. The molecule has 2 nitrogen and oxygen atoms in total. The normalized spacial score (nSPS) is 15.7. The molecule has 1 fully saturated rings. The molecule has 45 heavy (non-hydrogen) atoms. The van der Waals surface area contributed by atoms with Gasteiger partial charge in [0.05, 0.1) is 11.2 Å². The van der Waals surface area contributed by atoms with Crippen molar-refractivity contribution in [3.05, 3.63) is 140 Å². The summed E-state index contributed by atoms with van der Waals surface area (Å²) >= 11 is 0. The Morgan fingerprint density at radius 2 is 0.800 bits per heavy atom. The molecule has 7 aromatic rings. The van der Waals surface area contributed by atoms with E-state index in [1.165, 1.54) is 65.7 Å². The van der Waals surface area contributed by atoms with Crippen molar-refractivity contribution in [2.24, 2.45) is 0 Å². The third-order valence-corrected chi connectivity index (χ3v) is 9.93. The maximum atomic E-state index is 6.35. The highest BCUT2D eigenvalue weighted by molar-refractivity contribution is 6.62. The molecule has 3 heteroatoms. The minimum absolute atomic E-state index is 0.373. The van der Waals surface area contributed by atoms with E-state index in [-0.39, 0.29) is 18.3 Å². The zero-order valence-corrected chi connectivity index (χ0v) is 26.2. The largest absolute Gasteiger partial charge is 0.494 e. The van der Waals surface area contributed by atoms with Gasteiger partial charge in [0, 0.05) is 0 Å². The molecule has 0 N–H and O–H groups in total. The van der Waals surface area contributed by atoms with Gasteiger partial charge in [-0.3, -0.25) is 0 Å². The molecule has 1 heterocycles. The van der Waals surface area contributed by atoms with Gasteiger partial charge in [-0.2, -0.15) is 0 Å². The van der Waals surface area contributed by atoms with Crippen LogP contribution in [0.3, 0.4) is 0 Å². The lowest BCUT2D eigenvalue weighted by Gasteiger charge is -2.32. The molecule has 1 aliphatic rings. The highest BCUT2D eigenvalue weighted by Gasteiger charge is 2.51. The SMILES string of the molecule is CC1(C)OB(c2ccc(-c3c4ccccc4c(-c4ccc(-c5ccccc5)c5ccccc45)c4ccccc34)cc2)OC1(C)C. The van der Waals surface area contributed by atoms with E-state index in [9.17, 15) is 0 Å². The van der Waals surface area contributed by atoms with Crippen molar-refractivity contribution < 1.29 is 9.31 Å². The standard InChI is InChI=1S/C42H35BO2/c1-41(2)42(3,4)45-43(44-41)30-24-22-29(23-25-30)39-34-18-10-12-20-36(34)40(37-21-13-11-19-35(37)39)38-27-26-31(28-14-6-5-7-15-28)32-16-8-9-17-33(32)38/h5-27H,1-4H3. The Balaban J connectivity index is 1.33. The van der Waals surface area contributed by atoms with E-state index < -0.39 is 0 Å². The summed E-state index contributed by atoms with van der Waals surface area (Å²) in [5.41, 5.74) is 7.72. The first kappa shape index (κ1) is 27.8. The molecule has 0 atom stereocenters. The van der Waals surface area contributed by atoms with Gasteiger partial charge in [0.2, 0.25) is 0 Å². The lowest BCUT2D eigenvalue weighted by molar-refractivity contribution is 0.00578. The van der Waals surface area contributed by atoms with Crippen molar-refractivity contribution in [3.63, 3.8) is 0 Å². The van der Waals surface area contributed by atoms with E-state index in [0.717, 1.165) is 5.46 Å². The summed E-state index contributed by atoms with van der Waals surface area (Å²) in [5.74, 6) is 0. The topological polar surface area (TPSA) is 18.5 Å². The Morgan fingerprint density at radius 1 is 0.378 bits per heavy atom. The third kappa shape index (κ3) is 4.50. The Labute approximate surface area is 265 Å². The van der Waals surface area contributed by atoms with Crippen LogP contribution in [0.15, 0.2) is 140 Å². The predicted molar refractivity (Wildman–Crippen MR) is 191 cm³/mol. The van der Waals surface area contributed by atoms with Crippen LogP contribution in [0.5, 0.6) is 0 Å². The van der Waals surface area contributed by atoms with Gasteiger partial charge in [-0.05, 0) is 98.9 Å². The van der Waals surface area contributed by atoms with Gasteiger partial charge in [0.15, 0.2) is 0 Å². The molecule has 1 saturated heterocycles. The van der Waals surface area contributed by atoms with E-state index in [1.54, 1.807) is 0 Å². The Hall–Kier alpha value is -4.70. The van der Waals surface area contributed by atoms with Crippen molar-refractivity contribution in [3.8, 4) is 33.4 Å². The van der Waals surface area contributed by atoms with E-state index in [4.69, 9.17) is 9.31 Å². The maximum Gasteiger partial charge on any atom is 0.494 e. The van der Waals surface area contributed by atoms with Gasteiger partial charge in [-0.15, -0.1) is 0 Å². The van der Waals surface area contributed by atoms with Crippen LogP contribution in [0.1, 0.15) is 27.7 Å². The summed E-state index contributed by atoms with van der Waals surface area (Å²) in [7, 11) is -0.382. The smallest absolute Gasteiger partial charge is 0.399 e. The fourth-order valence-corrected chi connectivity index (χ4v) is 6.90. The van der Waals surface area contributed by atoms with Crippen LogP contribution in [-0.4, -0.2) is 18.3 Å². The summed E-state index contributed by atoms with van der Waals surface area (Å²) in [6.07, 6.45) is 0. The van der Waals surface area contributed by atoms with Gasteiger partial charge in [-0.1, -0.05) is 140 Å². The third-order valence-electron chi connectivity index (χ3n) is 9.93. The second kappa shape index (κ2) is 10.4. The quantitative estimate of drug-likeness (QED) is 0.152. The van der Waals surface area contributed by atoms with Crippen molar-refractivity contribution >= 4 is 44.9 Å². The zero-order chi connectivity index (χ0) is 30.8. The molecule has 218 valence electrons. The second-order valence-electron chi connectivity index (χ2n) is 13.1. The molecular weight excluding hydrogens is 547 g/mol. The van der Waals surface area contributed by atoms with Gasteiger partial charge in [0.25, 0.3) is 0 Å². The fraction of sp³-hybridized carbons (Fsp3) is 0.143. The first-order valence-corrected chi connectivity index (χ1v) is 15.8. The molecule has 0 saturated carbocycles. The maximum absolute atomic E-state index is 6.35. The van der Waals surface area contributed by atoms with Crippen LogP contribution in [0.2, 0.25) is 0 Å².